The van der Waals surface area contributed by atoms with Crippen LogP contribution in [0.3, 0.4) is 0 Å². The van der Waals surface area contributed by atoms with Gasteiger partial charge >= 0.3 is 0 Å². The molecule has 0 aromatic heterocycles. The van der Waals surface area contributed by atoms with E-state index in [4.69, 9.17) is 11.6 Å². The molecule has 1 aliphatic rings. The van der Waals surface area contributed by atoms with E-state index in [0.29, 0.717) is 37.4 Å². The Bertz CT molecular complexity index is 879. The normalized spacial score (nSPS) is 14.7. The molecule has 2 amide bonds. The maximum absolute atomic E-state index is 13.0. The third-order valence-corrected chi connectivity index (χ3v) is 5.32. The van der Waals surface area contributed by atoms with Crippen LogP contribution in [0.2, 0.25) is 5.02 Å². The van der Waals surface area contributed by atoms with Crippen LogP contribution < -0.4 is 10.6 Å². The highest BCUT2D eigenvalue weighted by Gasteiger charge is 2.21. The molecule has 0 unspecified atom stereocenters. The van der Waals surface area contributed by atoms with E-state index in [2.05, 4.69) is 22.6 Å². The maximum atomic E-state index is 13.0. The van der Waals surface area contributed by atoms with Gasteiger partial charge in [0.2, 0.25) is 5.91 Å². The summed E-state index contributed by atoms with van der Waals surface area (Å²) in [6, 6.07) is 13.2. The number of carbonyl (C=O) groups excluding carboxylic acids is 2. The summed E-state index contributed by atoms with van der Waals surface area (Å²) in [5, 5.41) is 6.88. The fourth-order valence-electron chi connectivity index (χ4n) is 3.37. The third kappa shape index (κ3) is 6.03. The molecule has 1 aliphatic heterocycles. The summed E-state index contributed by atoms with van der Waals surface area (Å²) >= 11 is 6.21. The summed E-state index contributed by atoms with van der Waals surface area (Å²) in [5.74, 6) is -0.165. The van der Waals surface area contributed by atoms with Gasteiger partial charge in [-0.15, -0.1) is 0 Å². The van der Waals surface area contributed by atoms with E-state index in [0.717, 1.165) is 29.2 Å². The van der Waals surface area contributed by atoms with Crippen molar-refractivity contribution in [2.75, 3.05) is 38.5 Å². The molecule has 154 valence electrons. The number of hydrogen-bond donors (Lipinski definition) is 2. The van der Waals surface area contributed by atoms with Crippen molar-refractivity contribution >= 4 is 29.1 Å². The summed E-state index contributed by atoms with van der Waals surface area (Å²) in [4.78, 5) is 28.6. The Labute approximate surface area is 176 Å². The molecule has 0 atom stereocenters. The van der Waals surface area contributed by atoms with Gasteiger partial charge in [0.15, 0.2) is 0 Å². The second-order valence-corrected chi connectivity index (χ2v) is 7.80. The molecule has 1 fully saturated rings. The molecule has 2 N–H and O–H groups in total. The quantitative estimate of drug-likeness (QED) is 0.762. The second-order valence-electron chi connectivity index (χ2n) is 7.39. The first-order valence-electron chi connectivity index (χ1n) is 9.76. The number of amides is 2. The lowest BCUT2D eigenvalue weighted by atomic mass is 10.1. The molecule has 1 saturated heterocycles. The van der Waals surface area contributed by atoms with Crippen LogP contribution in [0.1, 0.15) is 28.4 Å². The summed E-state index contributed by atoms with van der Waals surface area (Å²) in [5.41, 5.74) is 3.17. The lowest BCUT2D eigenvalue weighted by Crippen LogP contribution is -2.47. The van der Waals surface area contributed by atoms with Crippen molar-refractivity contribution in [1.29, 1.82) is 0 Å². The van der Waals surface area contributed by atoms with E-state index in [1.165, 1.54) is 6.92 Å². The number of hydrogen-bond acceptors (Lipinski definition) is 4. The van der Waals surface area contributed by atoms with Crippen molar-refractivity contribution in [2.24, 2.45) is 0 Å². The number of carbonyl (C=O) groups is 2. The minimum absolute atomic E-state index is 0.00217. The van der Waals surface area contributed by atoms with Crippen LogP contribution >= 0.6 is 11.6 Å². The highest BCUT2D eigenvalue weighted by Crippen LogP contribution is 2.19. The Morgan fingerprint density at radius 1 is 1.03 bits per heavy atom. The zero-order valence-corrected chi connectivity index (χ0v) is 17.6. The van der Waals surface area contributed by atoms with Crippen LogP contribution in [0, 0.1) is 0 Å². The molecule has 2 aromatic carbocycles. The molecule has 7 heteroatoms. The SMILES string of the molecule is CC(=O)Nc1cc(CNCc2ccccc2Cl)cc(C(=O)N2CCN(C)CC2)c1. The zero-order chi connectivity index (χ0) is 20.8. The van der Waals surface area contributed by atoms with Gasteiger partial charge in [-0.3, -0.25) is 9.59 Å². The van der Waals surface area contributed by atoms with Crippen molar-refractivity contribution in [1.82, 2.24) is 15.1 Å². The Balaban J connectivity index is 1.73. The van der Waals surface area contributed by atoms with E-state index in [9.17, 15) is 9.59 Å². The summed E-state index contributed by atoms with van der Waals surface area (Å²) in [6.45, 7) is 5.78. The van der Waals surface area contributed by atoms with E-state index in [1.54, 1.807) is 6.07 Å². The zero-order valence-electron chi connectivity index (χ0n) is 16.9. The predicted octanol–water partition coefficient (Wildman–Crippen LogP) is 2.98. The predicted molar refractivity (Wildman–Crippen MR) is 116 cm³/mol. The lowest BCUT2D eigenvalue weighted by Gasteiger charge is -2.32. The molecule has 2 aromatic rings. The number of piperazine rings is 1. The van der Waals surface area contributed by atoms with Crippen LogP contribution in [0.15, 0.2) is 42.5 Å². The number of nitrogens with one attached hydrogen (secondary N) is 2. The van der Waals surface area contributed by atoms with Gasteiger partial charge < -0.3 is 20.4 Å². The van der Waals surface area contributed by atoms with Crippen LogP contribution in [-0.2, 0) is 17.9 Å². The fourth-order valence-corrected chi connectivity index (χ4v) is 3.57. The van der Waals surface area contributed by atoms with Crippen LogP contribution in [0.25, 0.3) is 0 Å². The van der Waals surface area contributed by atoms with Crippen LogP contribution in [-0.4, -0.2) is 54.8 Å². The van der Waals surface area contributed by atoms with Crippen LogP contribution in [0.4, 0.5) is 5.69 Å². The summed E-state index contributed by atoms with van der Waals surface area (Å²) in [7, 11) is 2.06. The first kappa shape index (κ1) is 21.3. The third-order valence-electron chi connectivity index (χ3n) is 4.95. The smallest absolute Gasteiger partial charge is 0.254 e. The van der Waals surface area contributed by atoms with Crippen molar-refractivity contribution in [3.8, 4) is 0 Å². The number of benzene rings is 2. The topological polar surface area (TPSA) is 64.7 Å². The summed E-state index contributed by atoms with van der Waals surface area (Å²) in [6.07, 6.45) is 0. The largest absolute Gasteiger partial charge is 0.336 e. The number of anilines is 1. The lowest BCUT2D eigenvalue weighted by molar-refractivity contribution is -0.114. The molecule has 0 spiro atoms. The van der Waals surface area contributed by atoms with E-state index in [1.807, 2.05) is 41.3 Å². The van der Waals surface area contributed by atoms with Crippen LogP contribution in [0.5, 0.6) is 0 Å². The number of nitrogens with zero attached hydrogens (tertiary/aromatic N) is 2. The Kier molecular flexibility index (Phi) is 7.25. The van der Waals surface area contributed by atoms with Gasteiger partial charge in [-0.25, -0.2) is 0 Å². The molecule has 3 rings (SSSR count). The maximum Gasteiger partial charge on any atom is 0.254 e. The first-order chi connectivity index (χ1) is 13.9. The number of halogens is 1. The van der Waals surface area contributed by atoms with Gasteiger partial charge in [0.25, 0.3) is 5.91 Å². The minimum atomic E-state index is -0.163. The molecule has 0 bridgehead atoms. The van der Waals surface area contributed by atoms with Gasteiger partial charge in [0.1, 0.15) is 0 Å². The standard InChI is InChI=1S/C22H27ClN4O2/c1-16(28)25-20-12-17(14-24-15-18-5-3-4-6-21(18)23)11-19(13-20)22(29)27-9-7-26(2)8-10-27/h3-6,11-13,24H,7-10,14-15H2,1-2H3,(H,25,28). The molecule has 6 nitrogen and oxygen atoms in total. The molecule has 0 aliphatic carbocycles. The first-order valence-corrected chi connectivity index (χ1v) is 10.1. The fraction of sp³-hybridized carbons (Fsp3) is 0.364. The van der Waals surface area contributed by atoms with E-state index in [-0.39, 0.29) is 11.8 Å². The average Bonchev–Trinajstić information content (AvgIpc) is 2.69. The molecule has 1 heterocycles. The summed E-state index contributed by atoms with van der Waals surface area (Å²) < 4.78 is 0. The van der Waals surface area contributed by atoms with Crippen molar-refractivity contribution in [2.45, 2.75) is 20.0 Å². The van der Waals surface area contributed by atoms with Gasteiger partial charge in [-0.05, 0) is 42.4 Å². The Morgan fingerprint density at radius 2 is 1.76 bits per heavy atom. The molecular formula is C22H27ClN4O2. The van der Waals surface area contributed by atoms with E-state index >= 15 is 0 Å². The highest BCUT2D eigenvalue weighted by atomic mass is 35.5. The van der Waals surface area contributed by atoms with Gasteiger partial charge in [0.05, 0.1) is 0 Å². The Morgan fingerprint density at radius 3 is 2.45 bits per heavy atom. The Hall–Kier alpha value is -2.41. The van der Waals surface area contributed by atoms with Crippen molar-refractivity contribution < 1.29 is 9.59 Å². The molecule has 0 saturated carbocycles. The monoisotopic (exact) mass is 414 g/mol. The number of rotatable bonds is 6. The average molecular weight is 415 g/mol. The molecule has 0 radical (unpaired) electrons. The highest BCUT2D eigenvalue weighted by molar-refractivity contribution is 6.31. The molecular weight excluding hydrogens is 388 g/mol. The second kappa shape index (κ2) is 9.87. The van der Waals surface area contributed by atoms with Crippen molar-refractivity contribution in [3.63, 3.8) is 0 Å². The number of likely N-dealkylation sites (N-methyl/N-ethyl adjacent to an activating group) is 1. The molecule has 29 heavy (non-hydrogen) atoms. The minimum Gasteiger partial charge on any atom is -0.336 e. The van der Waals surface area contributed by atoms with Gasteiger partial charge in [-0.1, -0.05) is 29.8 Å². The van der Waals surface area contributed by atoms with Gasteiger partial charge in [0, 0.05) is 62.5 Å². The van der Waals surface area contributed by atoms with E-state index < -0.39 is 0 Å². The van der Waals surface area contributed by atoms with Crippen molar-refractivity contribution in [3.05, 3.63) is 64.2 Å². The van der Waals surface area contributed by atoms with Gasteiger partial charge in [-0.2, -0.15) is 0 Å².